The molecule has 1 saturated carbocycles. The number of imidazole rings is 1. The molecule has 1 fully saturated rings. The highest BCUT2D eigenvalue weighted by Gasteiger charge is 2.19. The van der Waals surface area contributed by atoms with Crippen LogP contribution < -0.4 is 0 Å². The fourth-order valence-electron chi connectivity index (χ4n) is 3.31. The number of alkyl halides is 1. The lowest BCUT2D eigenvalue weighted by Crippen LogP contribution is -2.15. The monoisotopic (exact) mass is 291 g/mol. The molecule has 0 bridgehead atoms. The summed E-state index contributed by atoms with van der Waals surface area (Å²) in [6.07, 6.45) is 10.4. The van der Waals surface area contributed by atoms with Gasteiger partial charge in [0.2, 0.25) is 0 Å². The maximum absolute atomic E-state index is 6.04. The van der Waals surface area contributed by atoms with Crippen molar-refractivity contribution in [3.63, 3.8) is 0 Å². The molecule has 0 aromatic carbocycles. The third kappa shape index (κ3) is 2.83. The van der Waals surface area contributed by atoms with E-state index in [1.54, 1.807) is 0 Å². The molecule has 0 spiro atoms. The fraction of sp³-hybridized carbons (Fsp3) is 0.625. The van der Waals surface area contributed by atoms with Gasteiger partial charge in [-0.2, -0.15) is 0 Å². The van der Waals surface area contributed by atoms with Crippen LogP contribution in [-0.2, 0) is 12.4 Å². The van der Waals surface area contributed by atoms with Crippen LogP contribution in [0.5, 0.6) is 0 Å². The van der Waals surface area contributed by atoms with Crippen LogP contribution in [0.15, 0.2) is 18.5 Å². The van der Waals surface area contributed by atoms with Crippen LogP contribution in [-0.4, -0.2) is 14.5 Å². The Morgan fingerprint density at radius 2 is 2.10 bits per heavy atom. The average Bonchev–Trinajstić information content (AvgIpc) is 2.84. The van der Waals surface area contributed by atoms with E-state index < -0.39 is 0 Å². The van der Waals surface area contributed by atoms with Crippen molar-refractivity contribution in [1.29, 1.82) is 0 Å². The summed E-state index contributed by atoms with van der Waals surface area (Å²) in [5.74, 6) is 3.23. The minimum absolute atomic E-state index is 0.469. The van der Waals surface area contributed by atoms with E-state index in [0.29, 0.717) is 5.88 Å². The number of hydrogen-bond acceptors (Lipinski definition) is 2. The maximum atomic E-state index is 6.04. The molecule has 0 aliphatic heterocycles. The largest absolute Gasteiger partial charge is 0.327 e. The number of pyridine rings is 1. The van der Waals surface area contributed by atoms with Crippen LogP contribution in [0.25, 0.3) is 11.0 Å². The normalized spacial score (nSPS) is 23.3. The van der Waals surface area contributed by atoms with Gasteiger partial charge >= 0.3 is 0 Å². The molecule has 20 heavy (non-hydrogen) atoms. The van der Waals surface area contributed by atoms with Crippen molar-refractivity contribution < 1.29 is 0 Å². The molecule has 0 unspecified atom stereocenters. The van der Waals surface area contributed by atoms with Gasteiger partial charge in [-0.05, 0) is 24.3 Å². The Morgan fingerprint density at radius 1 is 1.30 bits per heavy atom. The lowest BCUT2D eigenvalue weighted by molar-refractivity contribution is 0.269. The van der Waals surface area contributed by atoms with Crippen molar-refractivity contribution >= 4 is 22.6 Å². The van der Waals surface area contributed by atoms with E-state index in [2.05, 4.69) is 21.5 Å². The second-order valence-corrected chi connectivity index (χ2v) is 6.36. The number of fused-ring (bicyclic) bond motifs is 1. The highest BCUT2D eigenvalue weighted by Crippen LogP contribution is 2.31. The first kappa shape index (κ1) is 13.9. The Bertz CT molecular complexity index is 570. The van der Waals surface area contributed by atoms with Gasteiger partial charge in [-0.25, -0.2) is 4.98 Å². The summed E-state index contributed by atoms with van der Waals surface area (Å²) in [6, 6.07) is 2.04. The van der Waals surface area contributed by atoms with Crippen LogP contribution in [0.4, 0.5) is 0 Å². The van der Waals surface area contributed by atoms with Gasteiger partial charge in [0.15, 0.2) is 0 Å². The summed E-state index contributed by atoms with van der Waals surface area (Å²) in [6.45, 7) is 3.40. The van der Waals surface area contributed by atoms with Crippen LogP contribution >= 0.6 is 11.6 Å². The number of nitrogens with zero attached hydrogens (tertiary/aromatic N) is 3. The molecule has 0 amide bonds. The Labute approximate surface area is 125 Å². The molecule has 2 aromatic heterocycles. The Kier molecular flexibility index (Phi) is 4.25. The molecular formula is C16H22ClN3. The van der Waals surface area contributed by atoms with Crippen molar-refractivity contribution in [3.8, 4) is 0 Å². The van der Waals surface area contributed by atoms with Gasteiger partial charge in [-0.15, -0.1) is 11.6 Å². The standard InChI is InChI=1S/C16H22ClN3/c1-12-2-4-13(5-3-12)7-9-20-15-6-8-18-11-14(15)19-16(20)10-17/h6,8,11-13H,2-5,7,9-10H2,1H3. The van der Waals surface area contributed by atoms with Crippen molar-refractivity contribution in [2.45, 2.75) is 51.5 Å². The molecule has 0 saturated heterocycles. The SMILES string of the molecule is CC1CCC(CCn2c(CCl)nc3cnccc32)CC1. The number of rotatable bonds is 4. The molecule has 0 radical (unpaired) electrons. The quantitative estimate of drug-likeness (QED) is 0.782. The van der Waals surface area contributed by atoms with E-state index >= 15 is 0 Å². The predicted molar refractivity (Wildman–Crippen MR) is 82.8 cm³/mol. The molecule has 3 rings (SSSR count). The summed E-state index contributed by atoms with van der Waals surface area (Å²) in [7, 11) is 0. The van der Waals surface area contributed by atoms with Crippen molar-refractivity contribution in [1.82, 2.24) is 14.5 Å². The zero-order valence-electron chi connectivity index (χ0n) is 12.1. The minimum Gasteiger partial charge on any atom is -0.327 e. The molecule has 1 aliphatic carbocycles. The van der Waals surface area contributed by atoms with Crippen LogP contribution in [0.2, 0.25) is 0 Å². The highest BCUT2D eigenvalue weighted by molar-refractivity contribution is 6.16. The number of aromatic nitrogens is 3. The van der Waals surface area contributed by atoms with Crippen molar-refractivity contribution in [2.75, 3.05) is 0 Å². The summed E-state index contributed by atoms with van der Waals surface area (Å²) < 4.78 is 2.28. The van der Waals surface area contributed by atoms with Gasteiger partial charge in [0.05, 0.1) is 17.6 Å². The van der Waals surface area contributed by atoms with Gasteiger partial charge < -0.3 is 4.57 Å². The Morgan fingerprint density at radius 3 is 2.85 bits per heavy atom. The minimum atomic E-state index is 0.469. The second-order valence-electron chi connectivity index (χ2n) is 6.09. The molecule has 2 heterocycles. The van der Waals surface area contributed by atoms with Crippen molar-refractivity contribution in [3.05, 3.63) is 24.3 Å². The zero-order chi connectivity index (χ0) is 13.9. The number of aryl methyl sites for hydroxylation is 1. The van der Waals surface area contributed by atoms with E-state index in [1.807, 2.05) is 18.5 Å². The molecule has 2 aromatic rings. The first-order valence-corrected chi connectivity index (χ1v) is 8.16. The number of halogens is 1. The molecule has 1 aliphatic rings. The number of hydrogen-bond donors (Lipinski definition) is 0. The summed E-state index contributed by atoms with van der Waals surface area (Å²) >= 11 is 6.04. The Balaban J connectivity index is 1.73. The van der Waals surface area contributed by atoms with Crippen LogP contribution in [0.3, 0.4) is 0 Å². The van der Waals surface area contributed by atoms with Gasteiger partial charge in [0, 0.05) is 12.7 Å². The molecular weight excluding hydrogens is 270 g/mol. The second kappa shape index (κ2) is 6.13. The first-order valence-electron chi connectivity index (χ1n) is 7.63. The van der Waals surface area contributed by atoms with E-state index in [9.17, 15) is 0 Å². The van der Waals surface area contributed by atoms with E-state index in [4.69, 9.17) is 11.6 Å². The van der Waals surface area contributed by atoms with Gasteiger partial charge in [0.1, 0.15) is 11.3 Å². The lowest BCUT2D eigenvalue weighted by atomic mass is 9.81. The lowest BCUT2D eigenvalue weighted by Gasteiger charge is -2.26. The summed E-state index contributed by atoms with van der Waals surface area (Å²) in [5, 5.41) is 0. The smallest absolute Gasteiger partial charge is 0.124 e. The first-order chi connectivity index (χ1) is 9.78. The van der Waals surface area contributed by atoms with Gasteiger partial charge in [-0.3, -0.25) is 4.98 Å². The van der Waals surface area contributed by atoms with Crippen LogP contribution in [0.1, 0.15) is 44.9 Å². The third-order valence-corrected chi connectivity index (χ3v) is 4.88. The summed E-state index contributed by atoms with van der Waals surface area (Å²) in [4.78, 5) is 8.72. The maximum Gasteiger partial charge on any atom is 0.124 e. The van der Waals surface area contributed by atoms with Crippen molar-refractivity contribution in [2.24, 2.45) is 11.8 Å². The fourth-order valence-corrected chi connectivity index (χ4v) is 3.52. The molecule has 0 atom stereocenters. The topological polar surface area (TPSA) is 30.7 Å². The van der Waals surface area contributed by atoms with Gasteiger partial charge in [0.25, 0.3) is 0 Å². The van der Waals surface area contributed by atoms with E-state index in [1.165, 1.54) is 37.6 Å². The van der Waals surface area contributed by atoms with Crippen LogP contribution in [0, 0.1) is 11.8 Å². The third-order valence-electron chi connectivity index (χ3n) is 4.65. The molecule has 4 heteroatoms. The zero-order valence-corrected chi connectivity index (χ0v) is 12.8. The summed E-state index contributed by atoms with van der Waals surface area (Å²) in [5.41, 5.74) is 2.13. The molecule has 108 valence electrons. The highest BCUT2D eigenvalue weighted by atomic mass is 35.5. The predicted octanol–water partition coefficient (Wildman–Crippen LogP) is 4.39. The molecule has 3 nitrogen and oxygen atoms in total. The van der Waals surface area contributed by atoms with E-state index in [0.717, 1.165) is 29.7 Å². The Hall–Kier alpha value is -1.09. The van der Waals surface area contributed by atoms with Gasteiger partial charge in [-0.1, -0.05) is 32.6 Å². The average molecular weight is 292 g/mol. The van der Waals surface area contributed by atoms with E-state index in [-0.39, 0.29) is 0 Å². The molecule has 0 N–H and O–H groups in total.